The zero-order valence-corrected chi connectivity index (χ0v) is 19.5. The number of sulfonamides is 1. The Morgan fingerprint density at radius 2 is 1.76 bits per heavy atom. The van der Waals surface area contributed by atoms with Crippen molar-refractivity contribution in [1.82, 2.24) is 4.72 Å². The number of carboxylic acid groups (broad SMARTS) is 1. The molecule has 176 valence electrons. The molecular weight excluding hydrogens is 454 g/mol. The fraction of sp³-hybridized carbons (Fsp3) is 0.231. The van der Waals surface area contributed by atoms with E-state index < -0.39 is 28.6 Å². The fourth-order valence-corrected chi connectivity index (χ4v) is 5.46. The van der Waals surface area contributed by atoms with Gasteiger partial charge in [-0.05, 0) is 72.7 Å². The number of hydrogen-bond acceptors (Lipinski definition) is 5. The number of ether oxygens (including phenoxy) is 1. The Morgan fingerprint density at radius 3 is 2.47 bits per heavy atom. The van der Waals surface area contributed by atoms with Crippen molar-refractivity contribution < 1.29 is 27.9 Å². The average molecular weight is 480 g/mol. The zero-order valence-electron chi connectivity index (χ0n) is 18.7. The quantitative estimate of drug-likeness (QED) is 0.464. The highest BCUT2D eigenvalue weighted by Gasteiger charge is 2.27. The molecule has 1 aliphatic carbocycles. The van der Waals surface area contributed by atoms with Crippen LogP contribution in [0.2, 0.25) is 0 Å². The van der Waals surface area contributed by atoms with Gasteiger partial charge in [-0.15, -0.1) is 0 Å². The van der Waals surface area contributed by atoms with Crippen molar-refractivity contribution >= 4 is 21.8 Å². The van der Waals surface area contributed by atoms with Gasteiger partial charge in [0, 0.05) is 11.6 Å². The van der Waals surface area contributed by atoms with Crippen LogP contribution >= 0.6 is 0 Å². The Kier molecular flexibility index (Phi) is 6.81. The summed E-state index contributed by atoms with van der Waals surface area (Å²) < 4.78 is 34.5. The summed E-state index contributed by atoms with van der Waals surface area (Å²) in [6.45, 7) is 1.06. The zero-order chi connectivity index (χ0) is 24.3. The maximum atomic E-state index is 13.1. The maximum absolute atomic E-state index is 13.1. The van der Waals surface area contributed by atoms with Gasteiger partial charge in [-0.3, -0.25) is 4.79 Å². The molecule has 34 heavy (non-hydrogen) atoms. The maximum Gasteiger partial charge on any atom is 0.341 e. The second kappa shape index (κ2) is 9.79. The van der Waals surface area contributed by atoms with Gasteiger partial charge in [-0.25, -0.2) is 17.9 Å². The van der Waals surface area contributed by atoms with Crippen LogP contribution in [0.15, 0.2) is 71.6 Å². The average Bonchev–Trinajstić information content (AvgIpc) is 2.83. The minimum absolute atomic E-state index is 0.0328. The van der Waals surface area contributed by atoms with Gasteiger partial charge in [-0.1, -0.05) is 42.5 Å². The van der Waals surface area contributed by atoms with Crippen LogP contribution in [0.25, 0.3) is 11.1 Å². The van der Waals surface area contributed by atoms with Crippen molar-refractivity contribution in [2.75, 3.05) is 6.61 Å². The summed E-state index contributed by atoms with van der Waals surface area (Å²) in [5.41, 5.74) is 3.88. The van der Waals surface area contributed by atoms with Crippen LogP contribution in [-0.4, -0.2) is 31.9 Å². The molecule has 2 N–H and O–H groups in total. The number of fused-ring (bicyclic) bond motifs is 1. The first-order chi connectivity index (χ1) is 16.2. The van der Waals surface area contributed by atoms with Gasteiger partial charge in [0.05, 0.1) is 4.90 Å². The summed E-state index contributed by atoms with van der Waals surface area (Å²) in [5, 5.41) is 8.91. The number of aliphatic carboxylic acids is 1. The van der Waals surface area contributed by atoms with Crippen LogP contribution in [-0.2, 0) is 21.2 Å². The first-order valence-corrected chi connectivity index (χ1v) is 12.4. The molecule has 0 saturated carbocycles. The molecule has 0 heterocycles. The van der Waals surface area contributed by atoms with Gasteiger partial charge < -0.3 is 9.84 Å². The molecule has 0 aromatic heterocycles. The summed E-state index contributed by atoms with van der Waals surface area (Å²) >= 11 is 0. The third-order valence-corrected chi connectivity index (χ3v) is 7.37. The molecule has 0 amide bonds. The van der Waals surface area contributed by atoms with Crippen LogP contribution in [0.3, 0.4) is 0 Å². The van der Waals surface area contributed by atoms with E-state index in [0.717, 1.165) is 28.7 Å². The SMILES string of the molecule is CC(=O)c1cccc(-c2ccc(S(=O)(=O)NC3CCCc4c(OCC(=O)O)cccc43)cc2)c1. The standard InChI is InChI=1S/C26H25NO6S/c1-17(28)19-5-2-6-20(15-19)18-11-13-21(14-12-18)34(31,32)27-24-9-3-8-23-22(24)7-4-10-25(23)33-16-26(29)30/h2,4-7,10-15,24,27H,3,8-9,16H2,1H3,(H,29,30). The number of carbonyl (C=O) groups excluding carboxylic acids is 1. The third kappa shape index (κ3) is 5.18. The number of carboxylic acids is 1. The van der Waals surface area contributed by atoms with E-state index in [1.165, 1.54) is 6.92 Å². The molecule has 1 atom stereocenters. The first kappa shape index (κ1) is 23.7. The van der Waals surface area contributed by atoms with Gasteiger partial charge >= 0.3 is 5.97 Å². The lowest BCUT2D eigenvalue weighted by molar-refractivity contribution is -0.139. The van der Waals surface area contributed by atoms with Crippen LogP contribution in [0, 0.1) is 0 Å². The van der Waals surface area contributed by atoms with E-state index in [9.17, 15) is 18.0 Å². The number of nitrogens with one attached hydrogen (secondary N) is 1. The second-order valence-electron chi connectivity index (χ2n) is 8.23. The molecule has 0 aliphatic heterocycles. The summed E-state index contributed by atoms with van der Waals surface area (Å²) in [6, 6.07) is 18.6. The molecule has 0 spiro atoms. The van der Waals surface area contributed by atoms with E-state index in [-0.39, 0.29) is 10.7 Å². The van der Waals surface area contributed by atoms with E-state index >= 15 is 0 Å². The van der Waals surface area contributed by atoms with Crippen molar-refractivity contribution in [3.63, 3.8) is 0 Å². The number of Topliss-reactive ketones (excluding diaryl/α,β-unsaturated/α-hetero) is 1. The third-order valence-electron chi connectivity index (χ3n) is 5.88. The summed E-state index contributed by atoms with van der Waals surface area (Å²) in [7, 11) is -3.80. The van der Waals surface area contributed by atoms with Crippen LogP contribution in [0.1, 0.15) is 47.3 Å². The van der Waals surface area contributed by atoms with E-state index in [1.807, 2.05) is 12.1 Å². The number of carbonyl (C=O) groups is 2. The minimum Gasteiger partial charge on any atom is -0.482 e. The lowest BCUT2D eigenvalue weighted by atomic mass is 9.87. The molecular formula is C26H25NO6S. The van der Waals surface area contributed by atoms with Crippen LogP contribution in [0.4, 0.5) is 0 Å². The molecule has 7 nitrogen and oxygen atoms in total. The van der Waals surface area contributed by atoms with Crippen molar-refractivity contribution in [1.29, 1.82) is 0 Å². The van der Waals surface area contributed by atoms with Gasteiger partial charge in [0.2, 0.25) is 10.0 Å². The predicted octanol–water partition coefficient (Wildman–Crippen LogP) is 4.38. The molecule has 0 saturated heterocycles. The monoisotopic (exact) mass is 479 g/mol. The van der Waals surface area contributed by atoms with Crippen molar-refractivity contribution in [2.45, 2.75) is 37.1 Å². The van der Waals surface area contributed by atoms with Crippen LogP contribution in [0.5, 0.6) is 5.75 Å². The lowest BCUT2D eigenvalue weighted by Crippen LogP contribution is -2.31. The predicted molar refractivity (Wildman–Crippen MR) is 127 cm³/mol. The molecule has 3 aromatic carbocycles. The van der Waals surface area contributed by atoms with Crippen molar-refractivity contribution in [3.05, 3.63) is 83.4 Å². The summed E-state index contributed by atoms with van der Waals surface area (Å²) in [6.07, 6.45) is 2.07. The van der Waals surface area contributed by atoms with Gasteiger partial charge in [0.1, 0.15) is 5.75 Å². The molecule has 1 aliphatic rings. The fourth-order valence-electron chi connectivity index (χ4n) is 4.21. The molecule has 1 unspecified atom stereocenters. The Labute approximate surface area is 198 Å². The lowest BCUT2D eigenvalue weighted by Gasteiger charge is -2.27. The largest absolute Gasteiger partial charge is 0.482 e. The Bertz CT molecular complexity index is 1330. The highest BCUT2D eigenvalue weighted by molar-refractivity contribution is 7.89. The van der Waals surface area contributed by atoms with Crippen LogP contribution < -0.4 is 9.46 Å². The Hall–Kier alpha value is -3.49. The van der Waals surface area contributed by atoms with E-state index in [4.69, 9.17) is 9.84 Å². The molecule has 8 heteroatoms. The smallest absolute Gasteiger partial charge is 0.341 e. The van der Waals surface area contributed by atoms with E-state index in [1.54, 1.807) is 54.6 Å². The molecule has 3 aromatic rings. The first-order valence-electron chi connectivity index (χ1n) is 10.9. The Balaban J connectivity index is 1.55. The summed E-state index contributed by atoms with van der Waals surface area (Å²) in [5.74, 6) is -0.627. The molecule has 4 rings (SSSR count). The minimum atomic E-state index is -3.80. The molecule has 0 radical (unpaired) electrons. The highest BCUT2D eigenvalue weighted by Crippen LogP contribution is 2.36. The molecule has 0 bridgehead atoms. The summed E-state index contributed by atoms with van der Waals surface area (Å²) in [4.78, 5) is 22.7. The highest BCUT2D eigenvalue weighted by atomic mass is 32.2. The topological polar surface area (TPSA) is 110 Å². The number of rotatable bonds is 8. The van der Waals surface area contributed by atoms with Crippen molar-refractivity contribution in [3.8, 4) is 16.9 Å². The normalized spacial score (nSPS) is 15.4. The van der Waals surface area contributed by atoms with Crippen molar-refractivity contribution in [2.24, 2.45) is 0 Å². The Morgan fingerprint density at radius 1 is 1.03 bits per heavy atom. The number of ketones is 1. The van der Waals surface area contributed by atoms with Gasteiger partial charge in [0.15, 0.2) is 12.4 Å². The number of hydrogen-bond donors (Lipinski definition) is 2. The van der Waals surface area contributed by atoms with E-state index in [0.29, 0.717) is 24.2 Å². The van der Waals surface area contributed by atoms with Gasteiger partial charge in [0.25, 0.3) is 0 Å². The van der Waals surface area contributed by atoms with Gasteiger partial charge in [-0.2, -0.15) is 0 Å². The van der Waals surface area contributed by atoms with E-state index in [2.05, 4.69) is 4.72 Å². The molecule has 0 fully saturated rings. The second-order valence-corrected chi connectivity index (χ2v) is 9.95. The number of benzene rings is 3.